The highest BCUT2D eigenvalue weighted by molar-refractivity contribution is 6.42. The van der Waals surface area contributed by atoms with Crippen molar-refractivity contribution in [3.05, 3.63) is 64.1 Å². The molecular weight excluding hydrogens is 307 g/mol. The number of benzene rings is 2. The Hall–Kier alpha value is -1.71. The SMILES string of the molecule is CC(Cc1ccccc1)NC(=O)Nc1ccc(Cl)c(Cl)c1. The minimum absolute atomic E-state index is 0.0233. The van der Waals surface area contributed by atoms with Gasteiger partial charge < -0.3 is 10.6 Å². The molecule has 0 bridgehead atoms. The first kappa shape index (κ1) is 15.7. The normalized spacial score (nSPS) is 11.8. The van der Waals surface area contributed by atoms with E-state index in [1.54, 1.807) is 18.2 Å². The van der Waals surface area contributed by atoms with Gasteiger partial charge in [0.05, 0.1) is 10.0 Å². The third-order valence-electron chi connectivity index (χ3n) is 2.94. The summed E-state index contributed by atoms with van der Waals surface area (Å²) in [5, 5.41) is 6.49. The Balaban J connectivity index is 1.87. The van der Waals surface area contributed by atoms with Crippen LogP contribution in [0.5, 0.6) is 0 Å². The highest BCUT2D eigenvalue weighted by Crippen LogP contribution is 2.24. The fraction of sp³-hybridized carbons (Fsp3) is 0.188. The number of nitrogens with one attached hydrogen (secondary N) is 2. The molecule has 3 nitrogen and oxygen atoms in total. The summed E-state index contributed by atoms with van der Waals surface area (Å²) in [4.78, 5) is 11.9. The summed E-state index contributed by atoms with van der Waals surface area (Å²) < 4.78 is 0. The van der Waals surface area contributed by atoms with Gasteiger partial charge in [-0.15, -0.1) is 0 Å². The maximum atomic E-state index is 11.9. The summed E-state index contributed by atoms with van der Waals surface area (Å²) in [5.74, 6) is 0. The predicted molar refractivity (Wildman–Crippen MR) is 88.2 cm³/mol. The van der Waals surface area contributed by atoms with Crippen molar-refractivity contribution in [3.63, 3.8) is 0 Å². The number of hydrogen-bond acceptors (Lipinski definition) is 1. The van der Waals surface area contributed by atoms with Crippen LogP contribution in [0.15, 0.2) is 48.5 Å². The van der Waals surface area contributed by atoms with Gasteiger partial charge in [0.2, 0.25) is 0 Å². The fourth-order valence-corrected chi connectivity index (χ4v) is 2.28. The van der Waals surface area contributed by atoms with Crippen molar-refractivity contribution in [1.82, 2.24) is 5.32 Å². The average Bonchev–Trinajstić information content (AvgIpc) is 2.43. The number of urea groups is 1. The lowest BCUT2D eigenvalue weighted by molar-refractivity contribution is 0.249. The molecule has 0 aliphatic carbocycles. The number of anilines is 1. The molecule has 0 spiro atoms. The van der Waals surface area contributed by atoms with Gasteiger partial charge in [-0.25, -0.2) is 4.79 Å². The van der Waals surface area contributed by atoms with Crippen LogP contribution in [0, 0.1) is 0 Å². The van der Waals surface area contributed by atoms with Crippen LogP contribution in [0.2, 0.25) is 10.0 Å². The Morgan fingerprint density at radius 3 is 2.48 bits per heavy atom. The molecule has 21 heavy (non-hydrogen) atoms. The van der Waals surface area contributed by atoms with E-state index in [1.807, 2.05) is 37.3 Å². The van der Waals surface area contributed by atoms with E-state index in [4.69, 9.17) is 23.2 Å². The summed E-state index contributed by atoms with van der Waals surface area (Å²) in [6.07, 6.45) is 0.773. The third kappa shape index (κ3) is 4.96. The zero-order valence-electron chi connectivity index (χ0n) is 11.6. The lowest BCUT2D eigenvalue weighted by Crippen LogP contribution is -2.37. The van der Waals surface area contributed by atoms with Gasteiger partial charge in [-0.2, -0.15) is 0 Å². The Bertz CT molecular complexity index is 617. The molecule has 1 atom stereocenters. The van der Waals surface area contributed by atoms with E-state index in [0.29, 0.717) is 15.7 Å². The molecule has 0 saturated heterocycles. The zero-order valence-corrected chi connectivity index (χ0v) is 13.1. The van der Waals surface area contributed by atoms with Crippen LogP contribution in [0.1, 0.15) is 12.5 Å². The molecule has 110 valence electrons. The van der Waals surface area contributed by atoms with E-state index >= 15 is 0 Å². The molecule has 0 aromatic heterocycles. The van der Waals surface area contributed by atoms with Crippen molar-refractivity contribution >= 4 is 34.9 Å². The van der Waals surface area contributed by atoms with E-state index < -0.39 is 0 Å². The maximum Gasteiger partial charge on any atom is 0.319 e. The Morgan fingerprint density at radius 1 is 1.10 bits per heavy atom. The lowest BCUT2D eigenvalue weighted by atomic mass is 10.1. The number of halogens is 2. The quantitative estimate of drug-likeness (QED) is 0.838. The van der Waals surface area contributed by atoms with Crippen LogP contribution in [-0.4, -0.2) is 12.1 Å². The van der Waals surface area contributed by atoms with E-state index in [1.165, 1.54) is 5.56 Å². The number of carbonyl (C=O) groups is 1. The van der Waals surface area contributed by atoms with Crippen LogP contribution in [0.3, 0.4) is 0 Å². The Morgan fingerprint density at radius 2 is 1.81 bits per heavy atom. The third-order valence-corrected chi connectivity index (χ3v) is 3.68. The molecule has 0 fully saturated rings. The first-order chi connectivity index (χ1) is 10.0. The number of carbonyl (C=O) groups excluding carboxylic acids is 1. The Labute approximate surface area is 134 Å². The van der Waals surface area contributed by atoms with E-state index in [-0.39, 0.29) is 12.1 Å². The zero-order chi connectivity index (χ0) is 15.2. The highest BCUT2D eigenvalue weighted by Gasteiger charge is 2.09. The molecule has 0 aliphatic rings. The standard InChI is InChI=1S/C16H16Cl2N2O/c1-11(9-12-5-3-2-4-6-12)19-16(21)20-13-7-8-14(17)15(18)10-13/h2-8,10-11H,9H2,1H3,(H2,19,20,21). The summed E-state index contributed by atoms with van der Waals surface area (Å²) >= 11 is 11.7. The van der Waals surface area contributed by atoms with Crippen molar-refractivity contribution in [1.29, 1.82) is 0 Å². The summed E-state index contributed by atoms with van der Waals surface area (Å²) in [7, 11) is 0. The number of hydrogen-bond donors (Lipinski definition) is 2. The number of rotatable bonds is 4. The van der Waals surface area contributed by atoms with Gasteiger partial charge in [-0.3, -0.25) is 0 Å². The first-order valence-corrected chi connectivity index (χ1v) is 7.36. The minimum Gasteiger partial charge on any atom is -0.335 e. The topological polar surface area (TPSA) is 41.1 Å². The van der Waals surface area contributed by atoms with Crippen molar-refractivity contribution < 1.29 is 4.79 Å². The lowest BCUT2D eigenvalue weighted by Gasteiger charge is -2.15. The molecular formula is C16H16Cl2N2O. The molecule has 2 aromatic carbocycles. The maximum absolute atomic E-state index is 11.9. The molecule has 5 heteroatoms. The van der Waals surface area contributed by atoms with Gasteiger partial charge in [0, 0.05) is 11.7 Å². The molecule has 1 unspecified atom stereocenters. The second-order valence-corrected chi connectivity index (χ2v) is 5.63. The molecule has 2 N–H and O–H groups in total. The van der Waals surface area contributed by atoms with Gasteiger partial charge in [-0.05, 0) is 37.1 Å². The van der Waals surface area contributed by atoms with Crippen molar-refractivity contribution in [2.24, 2.45) is 0 Å². The molecule has 2 aromatic rings. The van der Waals surface area contributed by atoms with Crippen LogP contribution in [-0.2, 0) is 6.42 Å². The molecule has 2 rings (SSSR count). The summed E-state index contributed by atoms with van der Waals surface area (Å²) in [6.45, 7) is 1.96. The van der Waals surface area contributed by atoms with Crippen molar-refractivity contribution in [3.8, 4) is 0 Å². The monoisotopic (exact) mass is 322 g/mol. The van der Waals surface area contributed by atoms with Crippen LogP contribution in [0.25, 0.3) is 0 Å². The Kier molecular flexibility index (Phi) is 5.48. The predicted octanol–water partition coefficient (Wildman–Crippen LogP) is 4.75. The van der Waals surface area contributed by atoms with Crippen LogP contribution in [0.4, 0.5) is 10.5 Å². The minimum atomic E-state index is -0.267. The average molecular weight is 323 g/mol. The van der Waals surface area contributed by atoms with Gasteiger partial charge in [0.25, 0.3) is 0 Å². The van der Waals surface area contributed by atoms with Gasteiger partial charge in [0.1, 0.15) is 0 Å². The molecule has 0 saturated carbocycles. The van der Waals surface area contributed by atoms with E-state index in [9.17, 15) is 4.79 Å². The van der Waals surface area contributed by atoms with Gasteiger partial charge in [0.15, 0.2) is 0 Å². The molecule has 0 heterocycles. The second kappa shape index (κ2) is 7.34. The highest BCUT2D eigenvalue weighted by atomic mass is 35.5. The van der Waals surface area contributed by atoms with E-state index in [2.05, 4.69) is 10.6 Å². The molecule has 0 radical (unpaired) electrons. The van der Waals surface area contributed by atoms with Gasteiger partial charge >= 0.3 is 6.03 Å². The van der Waals surface area contributed by atoms with E-state index in [0.717, 1.165) is 6.42 Å². The van der Waals surface area contributed by atoms with Crippen molar-refractivity contribution in [2.75, 3.05) is 5.32 Å². The molecule has 2 amide bonds. The second-order valence-electron chi connectivity index (χ2n) is 4.82. The number of amides is 2. The smallest absolute Gasteiger partial charge is 0.319 e. The molecule has 0 aliphatic heterocycles. The summed E-state index contributed by atoms with van der Waals surface area (Å²) in [5.41, 5.74) is 1.79. The van der Waals surface area contributed by atoms with Gasteiger partial charge in [-0.1, -0.05) is 53.5 Å². The summed E-state index contributed by atoms with van der Waals surface area (Å²) in [6, 6.07) is 14.7. The van der Waals surface area contributed by atoms with Crippen LogP contribution < -0.4 is 10.6 Å². The fourth-order valence-electron chi connectivity index (χ4n) is 1.98. The van der Waals surface area contributed by atoms with Crippen LogP contribution >= 0.6 is 23.2 Å². The largest absolute Gasteiger partial charge is 0.335 e. The van der Waals surface area contributed by atoms with Crippen molar-refractivity contribution in [2.45, 2.75) is 19.4 Å². The first-order valence-electron chi connectivity index (χ1n) is 6.61.